The smallest absolute Gasteiger partial charge is 0.340 e. The van der Waals surface area contributed by atoms with Crippen LogP contribution in [0.5, 0.6) is 0 Å². The predicted molar refractivity (Wildman–Crippen MR) is 109 cm³/mol. The van der Waals surface area contributed by atoms with Gasteiger partial charge in [0.15, 0.2) is 6.61 Å². The Morgan fingerprint density at radius 1 is 1.03 bits per heavy atom. The van der Waals surface area contributed by atoms with Gasteiger partial charge in [-0.15, -0.1) is 0 Å². The van der Waals surface area contributed by atoms with Crippen LogP contribution in [0.4, 0.5) is 11.4 Å². The summed E-state index contributed by atoms with van der Waals surface area (Å²) in [7, 11) is 3.58. The van der Waals surface area contributed by atoms with Gasteiger partial charge in [-0.3, -0.25) is 4.79 Å². The number of carbonyl (C=O) groups is 2. The molecule has 0 radical (unpaired) electrons. The lowest BCUT2D eigenvalue weighted by Gasteiger charge is -2.19. The number of para-hydroxylation sites is 3. The first kappa shape index (κ1) is 18.3. The minimum atomic E-state index is -0.616. The van der Waals surface area contributed by atoms with E-state index in [-0.39, 0.29) is 5.57 Å². The summed E-state index contributed by atoms with van der Waals surface area (Å²) in [5.74, 6) is -0.710. The number of aromatic nitrogens is 1. The fourth-order valence-corrected chi connectivity index (χ4v) is 3.58. The molecule has 0 amide bonds. The van der Waals surface area contributed by atoms with Gasteiger partial charge in [0.2, 0.25) is 5.78 Å². The third-order valence-corrected chi connectivity index (χ3v) is 5.00. The zero-order valence-electron chi connectivity index (χ0n) is 16.0. The molecule has 7 nitrogen and oxygen atoms in total. The van der Waals surface area contributed by atoms with Crippen molar-refractivity contribution in [3.63, 3.8) is 0 Å². The Morgan fingerprint density at radius 3 is 2.31 bits per heavy atom. The molecule has 0 saturated heterocycles. The largest absolute Gasteiger partial charge is 0.454 e. The van der Waals surface area contributed by atoms with Gasteiger partial charge in [0.1, 0.15) is 17.5 Å². The number of Topliss-reactive ketones (excluding diaryl/α,β-unsaturated/α-hetero) is 1. The van der Waals surface area contributed by atoms with Crippen molar-refractivity contribution in [1.82, 2.24) is 4.98 Å². The highest BCUT2D eigenvalue weighted by molar-refractivity contribution is 6.07. The lowest BCUT2D eigenvalue weighted by Crippen LogP contribution is -2.27. The number of hydrogen-bond donors (Lipinski definition) is 1. The quantitative estimate of drug-likeness (QED) is 0.421. The number of esters is 1. The van der Waals surface area contributed by atoms with E-state index in [4.69, 9.17) is 4.74 Å². The van der Waals surface area contributed by atoms with Crippen molar-refractivity contribution < 1.29 is 14.3 Å². The standard InChI is InChI=1S/C22H18N4O3/c1-25-18-9-5-6-10-19(18)26(2)21(25)15(11-23)20(27)13-29-22(28)16-12-24-17-8-4-3-7-14(16)17/h3-10,12,24H,13H2,1-2H3. The van der Waals surface area contributed by atoms with Gasteiger partial charge in [-0.2, -0.15) is 5.26 Å². The molecular formula is C22H18N4O3. The first-order valence-corrected chi connectivity index (χ1v) is 9.00. The van der Waals surface area contributed by atoms with Crippen LogP contribution in [0.15, 0.2) is 66.1 Å². The molecule has 2 heterocycles. The Kier molecular flexibility index (Phi) is 4.53. The minimum Gasteiger partial charge on any atom is -0.454 e. The Hall–Kier alpha value is -4.05. The lowest BCUT2D eigenvalue weighted by molar-refractivity contribution is -0.118. The maximum absolute atomic E-state index is 12.7. The molecule has 1 aliphatic rings. The van der Waals surface area contributed by atoms with Gasteiger partial charge in [0.05, 0.1) is 16.9 Å². The third kappa shape index (κ3) is 3.01. The number of benzene rings is 2. The van der Waals surface area contributed by atoms with Gasteiger partial charge >= 0.3 is 5.97 Å². The van der Waals surface area contributed by atoms with Crippen LogP contribution in [0.25, 0.3) is 10.9 Å². The molecule has 3 aromatic rings. The van der Waals surface area contributed by atoms with Crippen LogP contribution < -0.4 is 9.80 Å². The molecule has 0 atom stereocenters. The van der Waals surface area contributed by atoms with E-state index in [0.29, 0.717) is 11.4 Å². The van der Waals surface area contributed by atoms with Crippen molar-refractivity contribution in [2.24, 2.45) is 0 Å². The first-order valence-electron chi connectivity index (χ1n) is 9.00. The number of nitrogens with zero attached hydrogens (tertiary/aromatic N) is 3. The zero-order valence-corrected chi connectivity index (χ0v) is 16.0. The van der Waals surface area contributed by atoms with Crippen LogP contribution in [-0.4, -0.2) is 37.4 Å². The molecule has 1 N–H and O–H groups in total. The molecule has 1 aliphatic heterocycles. The molecule has 1 aromatic heterocycles. The highest BCUT2D eigenvalue weighted by Crippen LogP contribution is 2.40. The summed E-state index contributed by atoms with van der Waals surface area (Å²) in [5.41, 5.74) is 2.88. The van der Waals surface area contributed by atoms with Crippen LogP contribution in [0, 0.1) is 11.3 Å². The minimum absolute atomic E-state index is 0.0575. The van der Waals surface area contributed by atoms with E-state index in [1.807, 2.05) is 48.5 Å². The van der Waals surface area contributed by atoms with E-state index in [9.17, 15) is 14.9 Å². The molecular weight excluding hydrogens is 368 g/mol. The highest BCUT2D eigenvalue weighted by atomic mass is 16.5. The molecule has 0 fully saturated rings. The van der Waals surface area contributed by atoms with E-state index < -0.39 is 18.4 Å². The van der Waals surface area contributed by atoms with Crippen molar-refractivity contribution in [2.45, 2.75) is 0 Å². The van der Waals surface area contributed by atoms with Crippen molar-refractivity contribution in [3.8, 4) is 6.07 Å². The zero-order chi connectivity index (χ0) is 20.5. The fraction of sp³-hybridized carbons (Fsp3) is 0.136. The van der Waals surface area contributed by atoms with Gasteiger partial charge in [0.25, 0.3) is 0 Å². The number of rotatable bonds is 4. The summed E-state index contributed by atoms with van der Waals surface area (Å²) in [6.45, 7) is -0.511. The Labute approximate surface area is 167 Å². The van der Waals surface area contributed by atoms with Crippen molar-refractivity contribution in [2.75, 3.05) is 30.5 Å². The Balaban J connectivity index is 1.55. The average molecular weight is 386 g/mol. The molecule has 0 unspecified atom stereocenters. The lowest BCUT2D eigenvalue weighted by atomic mass is 10.1. The van der Waals surface area contributed by atoms with Crippen molar-refractivity contribution in [3.05, 3.63) is 71.7 Å². The summed E-state index contributed by atoms with van der Waals surface area (Å²) in [5, 5.41) is 10.4. The second-order valence-corrected chi connectivity index (χ2v) is 6.66. The predicted octanol–water partition coefficient (Wildman–Crippen LogP) is 3.22. The molecule has 0 aliphatic carbocycles. The van der Waals surface area contributed by atoms with Gasteiger partial charge in [-0.1, -0.05) is 30.3 Å². The number of ketones is 1. The van der Waals surface area contributed by atoms with Gasteiger partial charge < -0.3 is 19.5 Å². The number of anilines is 2. The number of H-pyrrole nitrogens is 1. The SMILES string of the molecule is CN1C(=C(C#N)C(=O)COC(=O)c2c[nH]c3ccccc23)N(C)c2ccccc21. The van der Waals surface area contributed by atoms with E-state index in [2.05, 4.69) is 4.98 Å². The molecule has 0 spiro atoms. The molecule has 0 saturated carbocycles. The maximum Gasteiger partial charge on any atom is 0.340 e. The third-order valence-electron chi connectivity index (χ3n) is 5.00. The van der Waals surface area contributed by atoms with Crippen LogP contribution in [-0.2, 0) is 9.53 Å². The van der Waals surface area contributed by atoms with Crippen molar-refractivity contribution in [1.29, 1.82) is 5.26 Å². The van der Waals surface area contributed by atoms with Crippen molar-refractivity contribution >= 4 is 34.0 Å². The molecule has 0 bridgehead atoms. The molecule has 7 heteroatoms. The number of carbonyl (C=O) groups excluding carboxylic acids is 2. The first-order chi connectivity index (χ1) is 14.0. The average Bonchev–Trinajstić information content (AvgIpc) is 3.28. The number of nitrogens with one attached hydrogen (secondary N) is 1. The van der Waals surface area contributed by atoms with Gasteiger partial charge in [-0.25, -0.2) is 4.79 Å². The normalized spacial score (nSPS) is 12.7. The Bertz CT molecular complexity index is 1170. The number of aromatic amines is 1. The number of fused-ring (bicyclic) bond motifs is 2. The van der Waals surface area contributed by atoms with Crippen LogP contribution >= 0.6 is 0 Å². The van der Waals surface area contributed by atoms with Crippen LogP contribution in [0.1, 0.15) is 10.4 Å². The van der Waals surface area contributed by atoms with E-state index in [1.54, 1.807) is 36.2 Å². The summed E-state index contributed by atoms with van der Waals surface area (Å²) < 4.78 is 5.22. The number of nitriles is 1. The molecule has 29 heavy (non-hydrogen) atoms. The summed E-state index contributed by atoms with van der Waals surface area (Å²) in [6.07, 6.45) is 1.55. The molecule has 4 rings (SSSR count). The maximum atomic E-state index is 12.7. The fourth-order valence-electron chi connectivity index (χ4n) is 3.58. The molecule has 2 aromatic carbocycles. The van der Waals surface area contributed by atoms with Crippen LogP contribution in [0.3, 0.4) is 0 Å². The van der Waals surface area contributed by atoms with E-state index in [1.165, 1.54) is 0 Å². The summed E-state index contributed by atoms with van der Waals surface area (Å²) in [6, 6.07) is 16.9. The van der Waals surface area contributed by atoms with Gasteiger partial charge in [-0.05, 0) is 18.2 Å². The van der Waals surface area contributed by atoms with Gasteiger partial charge in [0, 0.05) is 31.2 Å². The summed E-state index contributed by atoms with van der Waals surface area (Å²) >= 11 is 0. The van der Waals surface area contributed by atoms with E-state index >= 15 is 0 Å². The topological polar surface area (TPSA) is 89.4 Å². The highest BCUT2D eigenvalue weighted by Gasteiger charge is 2.31. The second kappa shape index (κ2) is 7.17. The second-order valence-electron chi connectivity index (χ2n) is 6.66. The number of ether oxygens (including phenoxy) is 1. The van der Waals surface area contributed by atoms with Crippen LogP contribution in [0.2, 0.25) is 0 Å². The number of hydrogen-bond acceptors (Lipinski definition) is 6. The van der Waals surface area contributed by atoms with E-state index in [0.717, 1.165) is 22.3 Å². The summed E-state index contributed by atoms with van der Waals surface area (Å²) in [4.78, 5) is 31.7. The monoisotopic (exact) mass is 386 g/mol. The Morgan fingerprint density at radius 2 is 1.66 bits per heavy atom. The molecule has 144 valence electrons.